The monoisotopic (exact) mass is 494 g/mol. The minimum Gasteiger partial charge on any atom is -0.480 e. The van der Waals surface area contributed by atoms with E-state index in [1.165, 1.54) is 6.07 Å². The molecule has 1 saturated heterocycles. The fraction of sp³-hybridized carbons (Fsp3) is 0.423. The van der Waals surface area contributed by atoms with Gasteiger partial charge in [-0.15, -0.1) is 0 Å². The SMILES string of the molecule is C=C(C)[C@H]1C[C@H](c2ccc(Cl)cc2)[C@H](CCCC)O[C@@H]1c1cc(F)cc(Cl)c1OCC(=O)O. The van der Waals surface area contributed by atoms with Crippen LogP contribution in [-0.2, 0) is 9.53 Å². The summed E-state index contributed by atoms with van der Waals surface area (Å²) in [6.45, 7) is 7.63. The number of hydrogen-bond donors (Lipinski definition) is 1. The smallest absolute Gasteiger partial charge is 0.341 e. The van der Waals surface area contributed by atoms with Gasteiger partial charge in [0.1, 0.15) is 11.6 Å². The summed E-state index contributed by atoms with van der Waals surface area (Å²) >= 11 is 12.4. The van der Waals surface area contributed by atoms with Crippen LogP contribution in [0.25, 0.3) is 0 Å². The zero-order chi connectivity index (χ0) is 24.1. The number of carboxylic acid groups (broad SMARTS) is 1. The Morgan fingerprint density at radius 1 is 1.27 bits per heavy atom. The summed E-state index contributed by atoms with van der Waals surface area (Å²) in [7, 11) is 0. The second-order valence-electron chi connectivity index (χ2n) is 8.57. The van der Waals surface area contributed by atoms with Crippen LogP contribution in [0.3, 0.4) is 0 Å². The lowest BCUT2D eigenvalue weighted by Gasteiger charge is -2.43. The maximum Gasteiger partial charge on any atom is 0.341 e. The average Bonchev–Trinajstić information content (AvgIpc) is 2.76. The van der Waals surface area contributed by atoms with Gasteiger partial charge < -0.3 is 14.6 Å². The van der Waals surface area contributed by atoms with Gasteiger partial charge in [0.15, 0.2) is 6.61 Å². The first kappa shape index (κ1) is 25.5. The molecule has 178 valence electrons. The van der Waals surface area contributed by atoms with Crippen molar-refractivity contribution in [3.05, 3.63) is 75.5 Å². The van der Waals surface area contributed by atoms with Crippen molar-refractivity contribution in [1.29, 1.82) is 0 Å². The summed E-state index contributed by atoms with van der Waals surface area (Å²) in [6.07, 6.45) is 2.87. The molecular formula is C26H29Cl2FO4. The summed E-state index contributed by atoms with van der Waals surface area (Å²) < 4.78 is 26.6. The van der Waals surface area contributed by atoms with E-state index in [0.29, 0.717) is 10.6 Å². The molecular weight excluding hydrogens is 466 g/mol. The highest BCUT2D eigenvalue weighted by atomic mass is 35.5. The number of rotatable bonds is 9. The molecule has 2 aromatic rings. The highest BCUT2D eigenvalue weighted by Gasteiger charge is 2.41. The molecule has 0 radical (unpaired) electrons. The molecule has 1 N–H and O–H groups in total. The molecule has 2 aromatic carbocycles. The number of aliphatic carboxylic acids is 1. The molecule has 1 aliphatic heterocycles. The van der Waals surface area contributed by atoms with E-state index in [9.17, 15) is 9.18 Å². The van der Waals surface area contributed by atoms with Gasteiger partial charge in [-0.1, -0.05) is 67.3 Å². The lowest BCUT2D eigenvalue weighted by molar-refractivity contribution is -0.139. The molecule has 0 bridgehead atoms. The molecule has 4 atom stereocenters. The third-order valence-electron chi connectivity index (χ3n) is 6.10. The van der Waals surface area contributed by atoms with E-state index in [-0.39, 0.29) is 28.7 Å². The Labute approximate surface area is 204 Å². The fourth-order valence-electron chi connectivity index (χ4n) is 4.49. The van der Waals surface area contributed by atoms with Crippen LogP contribution in [0.4, 0.5) is 4.39 Å². The van der Waals surface area contributed by atoms with Crippen molar-refractivity contribution in [3.8, 4) is 5.75 Å². The fourth-order valence-corrected chi connectivity index (χ4v) is 4.88. The van der Waals surface area contributed by atoms with E-state index in [1.807, 2.05) is 31.2 Å². The molecule has 0 saturated carbocycles. The molecule has 0 aliphatic carbocycles. The van der Waals surface area contributed by atoms with Crippen molar-refractivity contribution in [2.24, 2.45) is 5.92 Å². The Kier molecular flexibility index (Phi) is 8.80. The van der Waals surface area contributed by atoms with Crippen LogP contribution in [0.1, 0.15) is 62.7 Å². The Morgan fingerprint density at radius 3 is 2.58 bits per heavy atom. The van der Waals surface area contributed by atoms with Crippen molar-refractivity contribution in [2.45, 2.75) is 57.7 Å². The molecule has 1 aliphatic rings. The largest absolute Gasteiger partial charge is 0.480 e. The molecule has 0 amide bonds. The van der Waals surface area contributed by atoms with E-state index < -0.39 is 24.5 Å². The first-order valence-electron chi connectivity index (χ1n) is 11.1. The summed E-state index contributed by atoms with van der Waals surface area (Å²) in [5.41, 5.74) is 2.42. The number of halogens is 3. The maximum absolute atomic E-state index is 14.4. The highest BCUT2D eigenvalue weighted by molar-refractivity contribution is 6.32. The first-order valence-corrected chi connectivity index (χ1v) is 11.9. The number of carbonyl (C=O) groups is 1. The Bertz CT molecular complexity index is 993. The van der Waals surface area contributed by atoms with Gasteiger partial charge >= 0.3 is 5.97 Å². The first-order chi connectivity index (χ1) is 15.7. The number of hydrogen-bond acceptors (Lipinski definition) is 3. The lowest BCUT2D eigenvalue weighted by atomic mass is 9.74. The molecule has 0 aromatic heterocycles. The van der Waals surface area contributed by atoms with E-state index >= 15 is 0 Å². The predicted molar refractivity (Wildman–Crippen MR) is 129 cm³/mol. The van der Waals surface area contributed by atoms with Crippen molar-refractivity contribution in [3.63, 3.8) is 0 Å². The average molecular weight is 495 g/mol. The summed E-state index contributed by atoms with van der Waals surface area (Å²) in [5.74, 6) is -1.58. The second-order valence-corrected chi connectivity index (χ2v) is 9.42. The Balaban J connectivity index is 2.04. The van der Waals surface area contributed by atoms with Crippen LogP contribution in [0, 0.1) is 11.7 Å². The van der Waals surface area contributed by atoms with Crippen molar-refractivity contribution in [1.82, 2.24) is 0 Å². The lowest BCUT2D eigenvalue weighted by Crippen LogP contribution is -2.36. The number of benzene rings is 2. The Hall–Kier alpha value is -2.08. The molecule has 0 unspecified atom stereocenters. The molecule has 33 heavy (non-hydrogen) atoms. The van der Waals surface area contributed by atoms with E-state index in [4.69, 9.17) is 37.8 Å². The molecule has 1 fully saturated rings. The predicted octanol–water partition coefficient (Wildman–Crippen LogP) is 7.59. The van der Waals surface area contributed by atoms with Gasteiger partial charge in [-0.3, -0.25) is 0 Å². The quantitative estimate of drug-likeness (QED) is 0.364. The summed E-state index contributed by atoms with van der Waals surface area (Å²) in [6, 6.07) is 10.2. The van der Waals surface area contributed by atoms with Gasteiger partial charge in [0, 0.05) is 22.4 Å². The van der Waals surface area contributed by atoms with Crippen molar-refractivity contribution < 1.29 is 23.8 Å². The Morgan fingerprint density at radius 2 is 1.97 bits per heavy atom. The van der Waals surface area contributed by atoms with Crippen LogP contribution in [0.5, 0.6) is 5.75 Å². The van der Waals surface area contributed by atoms with Gasteiger partial charge in [0.2, 0.25) is 0 Å². The molecule has 4 nitrogen and oxygen atoms in total. The van der Waals surface area contributed by atoms with Gasteiger partial charge in [-0.2, -0.15) is 0 Å². The zero-order valence-corrected chi connectivity index (χ0v) is 20.3. The van der Waals surface area contributed by atoms with Crippen LogP contribution >= 0.6 is 23.2 Å². The third-order valence-corrected chi connectivity index (χ3v) is 6.63. The van der Waals surface area contributed by atoms with E-state index in [0.717, 1.165) is 42.9 Å². The van der Waals surface area contributed by atoms with E-state index in [2.05, 4.69) is 13.5 Å². The normalized spacial score (nSPS) is 22.7. The second kappa shape index (κ2) is 11.4. The molecule has 1 heterocycles. The number of unbranched alkanes of at least 4 members (excludes halogenated alkanes) is 1. The van der Waals surface area contributed by atoms with Crippen molar-refractivity contribution >= 4 is 29.2 Å². The van der Waals surface area contributed by atoms with Crippen LogP contribution in [-0.4, -0.2) is 23.8 Å². The minimum atomic E-state index is -1.15. The van der Waals surface area contributed by atoms with Gasteiger partial charge in [0.25, 0.3) is 0 Å². The molecule has 0 spiro atoms. The van der Waals surface area contributed by atoms with Crippen LogP contribution in [0.15, 0.2) is 48.6 Å². The summed E-state index contributed by atoms with van der Waals surface area (Å²) in [5, 5.41) is 9.77. The van der Waals surface area contributed by atoms with Crippen LogP contribution < -0.4 is 4.74 Å². The molecule has 7 heteroatoms. The molecule has 3 rings (SSSR count). The van der Waals surface area contributed by atoms with Gasteiger partial charge in [-0.05, 0) is 49.6 Å². The highest BCUT2D eigenvalue weighted by Crippen LogP contribution is 2.50. The van der Waals surface area contributed by atoms with E-state index in [1.54, 1.807) is 0 Å². The van der Waals surface area contributed by atoms with Gasteiger partial charge in [0.05, 0.1) is 17.2 Å². The summed E-state index contributed by atoms with van der Waals surface area (Å²) in [4.78, 5) is 11.1. The zero-order valence-electron chi connectivity index (χ0n) is 18.8. The topological polar surface area (TPSA) is 55.8 Å². The third kappa shape index (κ3) is 6.28. The minimum absolute atomic E-state index is 0.0141. The number of carboxylic acids is 1. The van der Waals surface area contributed by atoms with Crippen LogP contribution in [0.2, 0.25) is 10.0 Å². The standard InChI is InChI=1S/C26H29Cl2FO4/c1-4-5-6-23-20(16-7-9-17(27)10-8-16)13-19(15(2)3)25(33-23)21-11-18(29)12-22(28)26(21)32-14-24(30)31/h7-12,19-20,23,25H,2,4-6,13-14H2,1,3H3,(H,30,31)/t19-,20-,23+,25+/m1/s1. The number of ether oxygens (including phenoxy) is 2. The maximum atomic E-state index is 14.4. The van der Waals surface area contributed by atoms with Crippen molar-refractivity contribution in [2.75, 3.05) is 6.61 Å². The van der Waals surface area contributed by atoms with Gasteiger partial charge in [-0.25, -0.2) is 9.18 Å².